The lowest BCUT2D eigenvalue weighted by atomic mass is 10.0. The van der Waals surface area contributed by atoms with Gasteiger partial charge in [0, 0.05) is 5.92 Å². The number of ether oxygens (including phenoxy) is 1. The molecule has 3 heteroatoms. The Morgan fingerprint density at radius 1 is 1.64 bits per heavy atom. The van der Waals surface area contributed by atoms with E-state index in [9.17, 15) is 9.18 Å². The third-order valence-electron chi connectivity index (χ3n) is 2.22. The lowest BCUT2D eigenvalue weighted by Gasteiger charge is -2.09. The van der Waals surface area contributed by atoms with E-state index in [4.69, 9.17) is 0 Å². The molecule has 1 rings (SSSR count). The molecule has 0 radical (unpaired) electrons. The SMILES string of the molecule is COC(=O)C[C@@H]1CCC[C@H]1F. The van der Waals surface area contributed by atoms with Crippen molar-refractivity contribution in [3.8, 4) is 0 Å². The fourth-order valence-corrected chi connectivity index (χ4v) is 1.52. The Morgan fingerprint density at radius 2 is 2.36 bits per heavy atom. The van der Waals surface area contributed by atoms with Gasteiger partial charge in [-0.2, -0.15) is 0 Å². The van der Waals surface area contributed by atoms with Crippen molar-refractivity contribution in [2.24, 2.45) is 5.92 Å². The average Bonchev–Trinajstić information content (AvgIpc) is 2.37. The molecule has 0 saturated heterocycles. The molecule has 64 valence electrons. The number of carbonyl (C=O) groups excluding carboxylic acids is 1. The molecule has 11 heavy (non-hydrogen) atoms. The molecule has 0 aromatic carbocycles. The predicted octanol–water partition coefficient (Wildman–Crippen LogP) is 1.69. The van der Waals surface area contributed by atoms with Crippen LogP contribution in [0.2, 0.25) is 0 Å². The van der Waals surface area contributed by atoms with Crippen LogP contribution in [0.3, 0.4) is 0 Å². The second-order valence-corrected chi connectivity index (χ2v) is 2.99. The van der Waals surface area contributed by atoms with Gasteiger partial charge in [-0.15, -0.1) is 0 Å². The molecule has 0 N–H and O–H groups in total. The van der Waals surface area contributed by atoms with Crippen molar-refractivity contribution in [2.75, 3.05) is 7.11 Å². The first kappa shape index (κ1) is 8.50. The van der Waals surface area contributed by atoms with E-state index >= 15 is 0 Å². The zero-order valence-electron chi connectivity index (χ0n) is 6.68. The fourth-order valence-electron chi connectivity index (χ4n) is 1.52. The Labute approximate surface area is 65.7 Å². The van der Waals surface area contributed by atoms with Crippen molar-refractivity contribution in [3.05, 3.63) is 0 Å². The van der Waals surface area contributed by atoms with Crippen LogP contribution in [0.1, 0.15) is 25.7 Å². The molecule has 0 aromatic heterocycles. The monoisotopic (exact) mass is 160 g/mol. The Bertz CT molecular complexity index is 147. The molecule has 0 bridgehead atoms. The minimum atomic E-state index is -0.783. The lowest BCUT2D eigenvalue weighted by Crippen LogP contribution is -2.14. The summed E-state index contributed by atoms with van der Waals surface area (Å²) in [5.74, 6) is -0.373. The van der Waals surface area contributed by atoms with E-state index in [2.05, 4.69) is 4.74 Å². The topological polar surface area (TPSA) is 26.3 Å². The van der Waals surface area contributed by atoms with Crippen molar-refractivity contribution in [3.63, 3.8) is 0 Å². The molecule has 0 amide bonds. The smallest absolute Gasteiger partial charge is 0.305 e. The molecule has 0 spiro atoms. The number of carbonyl (C=O) groups is 1. The van der Waals surface area contributed by atoms with Crippen LogP contribution in [0.5, 0.6) is 0 Å². The third kappa shape index (κ3) is 2.17. The average molecular weight is 160 g/mol. The van der Waals surface area contributed by atoms with Gasteiger partial charge in [0.25, 0.3) is 0 Å². The van der Waals surface area contributed by atoms with Crippen molar-refractivity contribution >= 4 is 5.97 Å². The Hall–Kier alpha value is -0.600. The van der Waals surface area contributed by atoms with Gasteiger partial charge in [0.1, 0.15) is 6.17 Å². The maximum absolute atomic E-state index is 12.9. The van der Waals surface area contributed by atoms with E-state index in [1.807, 2.05) is 0 Å². The van der Waals surface area contributed by atoms with Gasteiger partial charge in [-0.3, -0.25) is 4.79 Å². The maximum atomic E-state index is 12.9. The zero-order valence-corrected chi connectivity index (χ0v) is 6.68. The second kappa shape index (κ2) is 3.69. The van der Waals surface area contributed by atoms with Gasteiger partial charge in [-0.25, -0.2) is 4.39 Å². The molecule has 1 saturated carbocycles. The highest BCUT2D eigenvalue weighted by atomic mass is 19.1. The molecule has 0 aromatic rings. The summed E-state index contributed by atoms with van der Waals surface area (Å²) in [5.41, 5.74) is 0. The van der Waals surface area contributed by atoms with Gasteiger partial charge in [-0.05, 0) is 12.8 Å². The van der Waals surface area contributed by atoms with Gasteiger partial charge in [-0.1, -0.05) is 6.42 Å². The number of hydrogen-bond acceptors (Lipinski definition) is 2. The number of halogens is 1. The van der Waals surface area contributed by atoms with Gasteiger partial charge in [0.05, 0.1) is 13.5 Å². The normalized spacial score (nSPS) is 30.4. The first-order valence-electron chi connectivity index (χ1n) is 3.95. The summed E-state index contributed by atoms with van der Waals surface area (Å²) < 4.78 is 17.3. The van der Waals surface area contributed by atoms with E-state index in [0.29, 0.717) is 6.42 Å². The molecular weight excluding hydrogens is 147 g/mol. The third-order valence-corrected chi connectivity index (χ3v) is 2.22. The van der Waals surface area contributed by atoms with E-state index < -0.39 is 6.17 Å². The molecule has 1 aliphatic carbocycles. The molecule has 0 heterocycles. The lowest BCUT2D eigenvalue weighted by molar-refractivity contribution is -0.142. The summed E-state index contributed by atoms with van der Waals surface area (Å²) in [6.07, 6.45) is 1.81. The van der Waals surface area contributed by atoms with Crippen LogP contribution in [0.4, 0.5) is 4.39 Å². The zero-order chi connectivity index (χ0) is 8.27. The summed E-state index contributed by atoms with van der Waals surface area (Å²) in [4.78, 5) is 10.7. The predicted molar refractivity (Wildman–Crippen MR) is 38.9 cm³/mol. The van der Waals surface area contributed by atoms with Crippen LogP contribution >= 0.6 is 0 Å². The van der Waals surface area contributed by atoms with Gasteiger partial charge in [0.2, 0.25) is 0 Å². The number of alkyl halides is 1. The summed E-state index contributed by atoms with van der Waals surface area (Å²) in [6, 6.07) is 0. The molecule has 2 atom stereocenters. The Morgan fingerprint density at radius 3 is 2.82 bits per heavy atom. The number of methoxy groups -OCH3 is 1. The van der Waals surface area contributed by atoms with Crippen LogP contribution in [-0.4, -0.2) is 19.3 Å². The summed E-state index contributed by atoms with van der Waals surface area (Å²) >= 11 is 0. The summed E-state index contributed by atoms with van der Waals surface area (Å²) in [5, 5.41) is 0. The van der Waals surface area contributed by atoms with Crippen molar-refractivity contribution in [1.29, 1.82) is 0 Å². The molecule has 0 aliphatic heterocycles. The maximum Gasteiger partial charge on any atom is 0.305 e. The van der Waals surface area contributed by atoms with E-state index in [-0.39, 0.29) is 18.3 Å². The highest BCUT2D eigenvalue weighted by molar-refractivity contribution is 5.69. The van der Waals surface area contributed by atoms with Crippen molar-refractivity contribution < 1.29 is 13.9 Å². The number of esters is 1. The van der Waals surface area contributed by atoms with E-state index in [1.165, 1.54) is 7.11 Å². The standard InChI is InChI=1S/C8H13FO2/c1-11-8(10)5-6-3-2-4-7(6)9/h6-7H,2-5H2,1H3/t6-,7+/m0/s1. The van der Waals surface area contributed by atoms with Crippen LogP contribution in [0, 0.1) is 5.92 Å². The summed E-state index contributed by atoms with van der Waals surface area (Å²) in [6.45, 7) is 0. The second-order valence-electron chi connectivity index (χ2n) is 2.99. The first-order valence-corrected chi connectivity index (χ1v) is 3.95. The van der Waals surface area contributed by atoms with Crippen LogP contribution in [-0.2, 0) is 9.53 Å². The fraction of sp³-hybridized carbons (Fsp3) is 0.875. The largest absolute Gasteiger partial charge is 0.469 e. The summed E-state index contributed by atoms with van der Waals surface area (Å²) in [7, 11) is 1.34. The van der Waals surface area contributed by atoms with Crippen LogP contribution in [0.15, 0.2) is 0 Å². The Balaban J connectivity index is 2.30. The van der Waals surface area contributed by atoms with Gasteiger partial charge in [0.15, 0.2) is 0 Å². The molecule has 0 unspecified atom stereocenters. The van der Waals surface area contributed by atoms with Gasteiger partial charge < -0.3 is 4.74 Å². The highest BCUT2D eigenvalue weighted by Gasteiger charge is 2.28. The highest BCUT2D eigenvalue weighted by Crippen LogP contribution is 2.30. The minimum absolute atomic E-state index is 0.0811. The van der Waals surface area contributed by atoms with Crippen molar-refractivity contribution in [2.45, 2.75) is 31.9 Å². The molecule has 1 fully saturated rings. The number of hydrogen-bond donors (Lipinski definition) is 0. The molecule has 2 nitrogen and oxygen atoms in total. The number of rotatable bonds is 2. The minimum Gasteiger partial charge on any atom is -0.469 e. The Kier molecular flexibility index (Phi) is 2.85. The van der Waals surface area contributed by atoms with E-state index in [0.717, 1.165) is 12.8 Å². The first-order chi connectivity index (χ1) is 5.24. The molecule has 1 aliphatic rings. The molecular formula is C8H13FO2. The van der Waals surface area contributed by atoms with Crippen LogP contribution in [0.25, 0.3) is 0 Å². The van der Waals surface area contributed by atoms with Crippen LogP contribution < -0.4 is 0 Å². The van der Waals surface area contributed by atoms with E-state index in [1.54, 1.807) is 0 Å². The van der Waals surface area contributed by atoms with Crippen molar-refractivity contribution in [1.82, 2.24) is 0 Å². The van der Waals surface area contributed by atoms with Gasteiger partial charge >= 0.3 is 5.97 Å². The quantitative estimate of drug-likeness (QED) is 0.574.